The minimum atomic E-state index is -0.213. The van der Waals surface area contributed by atoms with Crippen LogP contribution < -0.4 is 5.32 Å². The molecule has 2 rings (SSSR count). The van der Waals surface area contributed by atoms with E-state index >= 15 is 0 Å². The van der Waals surface area contributed by atoms with E-state index in [1.165, 1.54) is 0 Å². The predicted octanol–water partition coefficient (Wildman–Crippen LogP) is 1.34. The van der Waals surface area contributed by atoms with E-state index in [1.54, 1.807) is 17.8 Å². The van der Waals surface area contributed by atoms with Gasteiger partial charge in [-0.25, -0.2) is 9.97 Å². The quantitative estimate of drug-likeness (QED) is 0.789. The Bertz CT molecular complexity index is 530. The number of hydrogen-bond donors (Lipinski definition) is 1. The molecule has 2 heterocycles. The summed E-state index contributed by atoms with van der Waals surface area (Å²) < 4.78 is 1.80. The molecule has 0 aliphatic carbocycles. The summed E-state index contributed by atoms with van der Waals surface area (Å²) in [6.07, 6.45) is 1.61. The SMILES string of the molecule is C.CNC(=O)c1ncn2c(C)cc(C)nc12. The molecule has 0 radical (unpaired) electrons. The Hall–Kier alpha value is -1.91. The highest BCUT2D eigenvalue weighted by Gasteiger charge is 2.13. The topological polar surface area (TPSA) is 59.3 Å². The van der Waals surface area contributed by atoms with Gasteiger partial charge in [-0.15, -0.1) is 0 Å². The van der Waals surface area contributed by atoms with Crippen LogP contribution in [-0.4, -0.2) is 27.3 Å². The van der Waals surface area contributed by atoms with Crippen LogP contribution in [0, 0.1) is 13.8 Å². The second-order valence-corrected chi connectivity index (χ2v) is 3.40. The van der Waals surface area contributed by atoms with Crippen LogP contribution in [0.1, 0.15) is 29.3 Å². The third kappa shape index (κ3) is 1.76. The van der Waals surface area contributed by atoms with Gasteiger partial charge >= 0.3 is 0 Å². The first-order chi connectivity index (χ1) is 7.13. The molecule has 0 aromatic carbocycles. The Kier molecular flexibility index (Phi) is 3.27. The summed E-state index contributed by atoms with van der Waals surface area (Å²) in [5.41, 5.74) is 2.86. The number of hydrogen-bond acceptors (Lipinski definition) is 3. The van der Waals surface area contributed by atoms with E-state index in [2.05, 4.69) is 15.3 Å². The number of nitrogens with zero attached hydrogens (tertiary/aromatic N) is 3. The first kappa shape index (κ1) is 12.2. The lowest BCUT2D eigenvalue weighted by Gasteiger charge is -2.01. The molecular formula is C11H16N4O. The van der Waals surface area contributed by atoms with E-state index in [0.717, 1.165) is 11.4 Å². The molecule has 0 spiro atoms. The molecule has 2 aromatic rings. The van der Waals surface area contributed by atoms with E-state index in [1.807, 2.05) is 19.9 Å². The maximum absolute atomic E-state index is 11.5. The molecule has 0 aliphatic rings. The lowest BCUT2D eigenvalue weighted by molar-refractivity contribution is 0.0960. The van der Waals surface area contributed by atoms with Crippen LogP contribution in [0.5, 0.6) is 0 Å². The number of nitrogens with one attached hydrogen (secondary N) is 1. The van der Waals surface area contributed by atoms with Gasteiger partial charge in [0, 0.05) is 18.4 Å². The Morgan fingerprint density at radius 3 is 2.75 bits per heavy atom. The molecule has 1 N–H and O–H groups in total. The molecule has 1 amide bonds. The van der Waals surface area contributed by atoms with Crippen LogP contribution in [0.15, 0.2) is 12.4 Å². The lowest BCUT2D eigenvalue weighted by Crippen LogP contribution is -2.18. The highest BCUT2D eigenvalue weighted by Crippen LogP contribution is 2.10. The Balaban J connectivity index is 0.00000128. The first-order valence-corrected chi connectivity index (χ1v) is 4.67. The molecule has 0 fully saturated rings. The fourth-order valence-electron chi connectivity index (χ4n) is 1.56. The number of amides is 1. The van der Waals surface area contributed by atoms with Crippen molar-refractivity contribution in [3.8, 4) is 0 Å². The van der Waals surface area contributed by atoms with Gasteiger partial charge in [0.1, 0.15) is 6.33 Å². The van der Waals surface area contributed by atoms with Crippen molar-refractivity contribution in [1.82, 2.24) is 19.7 Å². The standard InChI is InChI=1S/C10H12N4O.CH4/c1-6-4-7(2)14-5-12-8(9(14)13-6)10(15)11-3;/h4-5H,1-3H3,(H,11,15);1H4. The summed E-state index contributed by atoms with van der Waals surface area (Å²) in [4.78, 5) is 19.8. The molecule has 86 valence electrons. The summed E-state index contributed by atoms with van der Waals surface area (Å²) in [7, 11) is 1.58. The first-order valence-electron chi connectivity index (χ1n) is 4.67. The van der Waals surface area contributed by atoms with Crippen molar-refractivity contribution >= 4 is 11.6 Å². The Labute approximate surface area is 94.5 Å². The Morgan fingerprint density at radius 1 is 1.44 bits per heavy atom. The zero-order valence-corrected chi connectivity index (χ0v) is 8.90. The predicted molar refractivity (Wildman–Crippen MR) is 62.6 cm³/mol. The van der Waals surface area contributed by atoms with Crippen LogP contribution in [0.3, 0.4) is 0 Å². The van der Waals surface area contributed by atoms with Gasteiger partial charge in [-0.05, 0) is 19.9 Å². The number of aryl methyl sites for hydroxylation is 2. The zero-order valence-electron chi connectivity index (χ0n) is 8.90. The van der Waals surface area contributed by atoms with Crippen LogP contribution in [-0.2, 0) is 0 Å². The molecule has 0 saturated heterocycles. The van der Waals surface area contributed by atoms with Crippen LogP contribution in [0.4, 0.5) is 0 Å². The molecule has 0 aliphatic heterocycles. The van der Waals surface area contributed by atoms with Gasteiger partial charge in [-0.3, -0.25) is 9.20 Å². The minimum absolute atomic E-state index is 0. The van der Waals surface area contributed by atoms with E-state index < -0.39 is 0 Å². The van der Waals surface area contributed by atoms with E-state index in [0.29, 0.717) is 11.3 Å². The molecule has 2 aromatic heterocycles. The van der Waals surface area contributed by atoms with Gasteiger partial charge in [0.15, 0.2) is 11.3 Å². The number of carbonyl (C=O) groups is 1. The van der Waals surface area contributed by atoms with Crippen LogP contribution in [0.2, 0.25) is 0 Å². The second kappa shape index (κ2) is 4.30. The molecule has 0 saturated carbocycles. The van der Waals surface area contributed by atoms with Crippen molar-refractivity contribution in [2.75, 3.05) is 7.05 Å². The highest BCUT2D eigenvalue weighted by atomic mass is 16.1. The van der Waals surface area contributed by atoms with Gasteiger partial charge in [-0.1, -0.05) is 7.43 Å². The normalized spacial score (nSPS) is 9.94. The number of fused-ring (bicyclic) bond motifs is 1. The molecule has 16 heavy (non-hydrogen) atoms. The Morgan fingerprint density at radius 2 is 2.12 bits per heavy atom. The monoisotopic (exact) mass is 220 g/mol. The lowest BCUT2D eigenvalue weighted by atomic mass is 10.3. The maximum atomic E-state index is 11.5. The number of aromatic nitrogens is 3. The maximum Gasteiger partial charge on any atom is 0.273 e. The van der Waals surface area contributed by atoms with E-state index in [4.69, 9.17) is 0 Å². The van der Waals surface area contributed by atoms with Crippen molar-refractivity contribution in [1.29, 1.82) is 0 Å². The largest absolute Gasteiger partial charge is 0.354 e. The van der Waals surface area contributed by atoms with Gasteiger partial charge in [0.05, 0.1) is 0 Å². The average molecular weight is 220 g/mol. The van der Waals surface area contributed by atoms with Gasteiger partial charge in [0.25, 0.3) is 5.91 Å². The third-order valence-corrected chi connectivity index (χ3v) is 2.26. The van der Waals surface area contributed by atoms with E-state index in [-0.39, 0.29) is 13.3 Å². The van der Waals surface area contributed by atoms with Crippen molar-refractivity contribution in [2.45, 2.75) is 21.3 Å². The van der Waals surface area contributed by atoms with Gasteiger partial charge in [0.2, 0.25) is 0 Å². The van der Waals surface area contributed by atoms with Crippen molar-refractivity contribution in [3.05, 3.63) is 29.5 Å². The van der Waals surface area contributed by atoms with E-state index in [9.17, 15) is 4.79 Å². The molecule has 0 unspecified atom stereocenters. The number of carbonyl (C=O) groups excluding carboxylic acids is 1. The van der Waals surface area contributed by atoms with Crippen molar-refractivity contribution in [3.63, 3.8) is 0 Å². The number of imidazole rings is 1. The fraction of sp³-hybridized carbons (Fsp3) is 0.364. The summed E-state index contributed by atoms with van der Waals surface area (Å²) in [5.74, 6) is -0.213. The van der Waals surface area contributed by atoms with Gasteiger partial charge < -0.3 is 5.32 Å². The number of rotatable bonds is 1. The minimum Gasteiger partial charge on any atom is -0.354 e. The van der Waals surface area contributed by atoms with Gasteiger partial charge in [-0.2, -0.15) is 0 Å². The summed E-state index contributed by atoms with van der Waals surface area (Å²) in [5, 5.41) is 2.54. The highest BCUT2D eigenvalue weighted by molar-refractivity contribution is 5.97. The van der Waals surface area contributed by atoms with Crippen LogP contribution >= 0.6 is 0 Å². The molecule has 5 nitrogen and oxygen atoms in total. The smallest absolute Gasteiger partial charge is 0.273 e. The molecular weight excluding hydrogens is 204 g/mol. The zero-order chi connectivity index (χ0) is 11.0. The fourth-order valence-corrected chi connectivity index (χ4v) is 1.56. The van der Waals surface area contributed by atoms with Crippen LogP contribution in [0.25, 0.3) is 5.65 Å². The molecule has 0 atom stereocenters. The van der Waals surface area contributed by atoms with Crippen molar-refractivity contribution in [2.24, 2.45) is 0 Å². The second-order valence-electron chi connectivity index (χ2n) is 3.40. The molecule has 5 heteroatoms. The summed E-state index contributed by atoms with van der Waals surface area (Å²) >= 11 is 0. The summed E-state index contributed by atoms with van der Waals surface area (Å²) in [6, 6.07) is 1.95. The third-order valence-electron chi connectivity index (χ3n) is 2.26. The summed E-state index contributed by atoms with van der Waals surface area (Å²) in [6.45, 7) is 3.85. The van der Waals surface area contributed by atoms with Crippen molar-refractivity contribution < 1.29 is 4.79 Å². The average Bonchev–Trinajstić information content (AvgIpc) is 2.60. The molecule has 0 bridgehead atoms.